The normalized spacial score (nSPS) is 13.9. The van der Waals surface area contributed by atoms with E-state index in [0.29, 0.717) is 46.6 Å². The summed E-state index contributed by atoms with van der Waals surface area (Å²) in [5.74, 6) is 1.29. The lowest BCUT2D eigenvalue weighted by molar-refractivity contribution is -0.136. The van der Waals surface area contributed by atoms with E-state index in [1.165, 1.54) is 0 Å². The van der Waals surface area contributed by atoms with E-state index in [1.54, 1.807) is 30.0 Å². The Balaban J connectivity index is 1.57. The van der Waals surface area contributed by atoms with Gasteiger partial charge in [-0.25, -0.2) is 0 Å². The van der Waals surface area contributed by atoms with Gasteiger partial charge in [0.05, 0.1) is 23.8 Å². The Bertz CT molecular complexity index is 991. The highest BCUT2D eigenvalue weighted by Crippen LogP contribution is 2.40. The zero-order valence-corrected chi connectivity index (χ0v) is 19.6. The van der Waals surface area contributed by atoms with Gasteiger partial charge >= 0.3 is 5.97 Å². The number of ether oxygens (including phenoxy) is 1. The number of benzene rings is 2. The molecule has 0 saturated heterocycles. The molecule has 0 unspecified atom stereocenters. The Labute approximate surface area is 197 Å². The largest absolute Gasteiger partial charge is 0.507 e. The zero-order valence-electron chi connectivity index (χ0n) is 18.0. The molecule has 0 aliphatic heterocycles. The first-order valence-electron chi connectivity index (χ1n) is 10.7. The second-order valence-corrected chi connectivity index (χ2v) is 9.42. The van der Waals surface area contributed by atoms with Crippen LogP contribution >= 0.6 is 23.4 Å². The minimum Gasteiger partial charge on any atom is -0.507 e. The first-order valence-corrected chi connectivity index (χ1v) is 12.1. The third-order valence-corrected chi connectivity index (χ3v) is 6.94. The molecule has 0 spiro atoms. The maximum atomic E-state index is 10.8. The van der Waals surface area contributed by atoms with Gasteiger partial charge in [-0.15, -0.1) is 11.8 Å². The third-order valence-electron chi connectivity index (χ3n) is 5.35. The quantitative estimate of drug-likeness (QED) is 0.118. The lowest BCUT2D eigenvalue weighted by Crippen LogP contribution is -2.06. The van der Waals surface area contributed by atoms with Gasteiger partial charge in [-0.1, -0.05) is 29.7 Å². The molecule has 1 saturated carbocycles. The monoisotopic (exact) mass is 477 g/mol. The number of hydrogen-bond donors (Lipinski definition) is 3. The number of aliphatic carboxylic acids is 1. The molecule has 1 aliphatic rings. The Hall–Kier alpha value is -2.38. The van der Waals surface area contributed by atoms with Crippen LogP contribution in [0.2, 0.25) is 5.02 Å². The van der Waals surface area contributed by atoms with E-state index in [1.807, 2.05) is 19.1 Å². The van der Waals surface area contributed by atoms with Gasteiger partial charge < -0.3 is 20.2 Å². The molecule has 0 amide bonds. The molecule has 1 fully saturated rings. The second-order valence-electron chi connectivity index (χ2n) is 7.87. The van der Waals surface area contributed by atoms with Gasteiger partial charge in [0.1, 0.15) is 11.5 Å². The molecule has 0 radical (unpaired) electrons. The van der Waals surface area contributed by atoms with Crippen LogP contribution in [0.25, 0.3) is 0 Å². The van der Waals surface area contributed by atoms with Gasteiger partial charge in [-0.05, 0) is 67.9 Å². The van der Waals surface area contributed by atoms with Crippen LogP contribution < -0.4 is 4.74 Å². The average Bonchev–Trinajstić information content (AvgIpc) is 3.57. The SMILES string of the molecule is CC/C(=N\O)c1ccc(OCCCSc2ccc(CC(=O)O)cc2Cl)c(CC2CC2)c1O. The summed E-state index contributed by atoms with van der Waals surface area (Å²) in [6.45, 7) is 2.37. The Morgan fingerprint density at radius 2 is 2.06 bits per heavy atom. The molecule has 1 aliphatic carbocycles. The summed E-state index contributed by atoms with van der Waals surface area (Å²) in [5.41, 5.74) is 2.46. The minimum absolute atomic E-state index is 0.0444. The molecule has 3 N–H and O–H groups in total. The van der Waals surface area contributed by atoms with Gasteiger partial charge in [0, 0.05) is 21.8 Å². The third kappa shape index (κ3) is 6.56. The fourth-order valence-corrected chi connectivity index (χ4v) is 4.69. The van der Waals surface area contributed by atoms with E-state index < -0.39 is 5.97 Å². The van der Waals surface area contributed by atoms with Gasteiger partial charge in [0.2, 0.25) is 0 Å². The van der Waals surface area contributed by atoms with Crippen molar-refractivity contribution in [1.29, 1.82) is 0 Å². The van der Waals surface area contributed by atoms with Crippen LogP contribution in [0.5, 0.6) is 11.5 Å². The standard InChI is InChI=1S/C24H28ClNO5S/c1-2-20(26-30)17-7-8-21(18(24(17)29)12-15-4-5-15)31-10-3-11-32-22-9-6-16(13-19(22)25)14-23(27)28/h6-9,13,15,29-30H,2-5,10-12,14H2,1H3,(H,27,28)/b26-20+. The Kier molecular flexibility index (Phi) is 8.70. The van der Waals surface area contributed by atoms with Crippen molar-refractivity contribution in [2.75, 3.05) is 12.4 Å². The number of aromatic hydroxyl groups is 1. The Morgan fingerprint density at radius 3 is 2.69 bits per heavy atom. The van der Waals surface area contributed by atoms with Gasteiger partial charge in [0.15, 0.2) is 0 Å². The zero-order chi connectivity index (χ0) is 23.1. The molecule has 0 atom stereocenters. The molecule has 0 heterocycles. The molecular formula is C24H28ClNO5S. The van der Waals surface area contributed by atoms with Crippen molar-refractivity contribution >= 4 is 35.0 Å². The van der Waals surface area contributed by atoms with E-state index >= 15 is 0 Å². The van der Waals surface area contributed by atoms with Gasteiger partial charge in [0.25, 0.3) is 0 Å². The number of oxime groups is 1. The highest BCUT2D eigenvalue weighted by atomic mass is 35.5. The summed E-state index contributed by atoms with van der Waals surface area (Å²) in [6.07, 6.45) is 4.31. The molecule has 6 nitrogen and oxygen atoms in total. The fraction of sp³-hybridized carbons (Fsp3) is 0.417. The van der Waals surface area contributed by atoms with E-state index in [-0.39, 0.29) is 12.2 Å². The van der Waals surface area contributed by atoms with Crippen molar-refractivity contribution in [3.8, 4) is 11.5 Å². The number of carboxylic acids is 1. The number of hydrogen-bond acceptors (Lipinski definition) is 6. The predicted octanol–water partition coefficient (Wildman–Crippen LogP) is 5.77. The Morgan fingerprint density at radius 1 is 1.28 bits per heavy atom. The van der Waals surface area contributed by atoms with E-state index in [4.69, 9.17) is 21.4 Å². The maximum Gasteiger partial charge on any atom is 0.307 e. The molecule has 0 bridgehead atoms. The molecular weight excluding hydrogens is 450 g/mol. The van der Waals surface area contributed by atoms with Gasteiger partial charge in [-0.3, -0.25) is 4.79 Å². The summed E-state index contributed by atoms with van der Waals surface area (Å²) in [7, 11) is 0. The first-order chi connectivity index (χ1) is 15.4. The molecule has 2 aromatic carbocycles. The van der Waals surface area contributed by atoms with E-state index in [0.717, 1.165) is 41.9 Å². The second kappa shape index (κ2) is 11.5. The highest BCUT2D eigenvalue weighted by Gasteiger charge is 2.26. The molecule has 3 rings (SSSR count). The number of phenolic OH excluding ortho intramolecular Hbond substituents is 1. The fourth-order valence-electron chi connectivity index (χ4n) is 3.48. The van der Waals surface area contributed by atoms with Crippen molar-refractivity contribution in [3.63, 3.8) is 0 Å². The lowest BCUT2D eigenvalue weighted by Gasteiger charge is -2.16. The minimum atomic E-state index is -0.881. The number of phenols is 1. The highest BCUT2D eigenvalue weighted by molar-refractivity contribution is 7.99. The van der Waals surface area contributed by atoms with Crippen molar-refractivity contribution < 1.29 is 25.0 Å². The maximum absolute atomic E-state index is 10.8. The van der Waals surface area contributed by atoms with Crippen LogP contribution in [0.3, 0.4) is 0 Å². The smallest absolute Gasteiger partial charge is 0.307 e. The summed E-state index contributed by atoms with van der Waals surface area (Å²) < 4.78 is 6.01. The van der Waals surface area contributed by atoms with Crippen molar-refractivity contribution in [1.82, 2.24) is 0 Å². The number of nitrogens with zero attached hydrogens (tertiary/aromatic N) is 1. The number of carbonyl (C=O) groups is 1. The van der Waals surface area contributed by atoms with Crippen molar-refractivity contribution in [3.05, 3.63) is 52.0 Å². The molecule has 172 valence electrons. The average molecular weight is 478 g/mol. The number of carboxylic acid groups (broad SMARTS) is 1. The molecule has 8 heteroatoms. The van der Waals surface area contributed by atoms with Gasteiger partial charge in [-0.2, -0.15) is 0 Å². The van der Waals surface area contributed by atoms with E-state index in [9.17, 15) is 15.1 Å². The summed E-state index contributed by atoms with van der Waals surface area (Å²) >= 11 is 7.88. The number of thioether (sulfide) groups is 1. The summed E-state index contributed by atoms with van der Waals surface area (Å²) in [5, 5.41) is 32.8. The van der Waals surface area contributed by atoms with Crippen molar-refractivity contribution in [2.45, 2.75) is 50.3 Å². The van der Waals surface area contributed by atoms with Crippen molar-refractivity contribution in [2.24, 2.45) is 11.1 Å². The summed E-state index contributed by atoms with van der Waals surface area (Å²) in [4.78, 5) is 11.7. The first kappa shape index (κ1) is 24.3. The molecule has 0 aromatic heterocycles. The predicted molar refractivity (Wildman–Crippen MR) is 127 cm³/mol. The van der Waals surface area contributed by atoms with Crippen LogP contribution in [-0.4, -0.2) is 39.5 Å². The number of rotatable bonds is 12. The van der Waals surface area contributed by atoms with Crippen LogP contribution in [0.15, 0.2) is 40.4 Å². The lowest BCUT2D eigenvalue weighted by atomic mass is 9.98. The van der Waals surface area contributed by atoms with Crippen LogP contribution in [0.1, 0.15) is 49.3 Å². The molecule has 32 heavy (non-hydrogen) atoms. The van der Waals surface area contributed by atoms with Crippen LogP contribution in [0.4, 0.5) is 0 Å². The van der Waals surface area contributed by atoms with E-state index in [2.05, 4.69) is 5.16 Å². The van der Waals surface area contributed by atoms with Crippen LogP contribution in [-0.2, 0) is 17.6 Å². The molecule has 2 aromatic rings. The summed E-state index contributed by atoms with van der Waals surface area (Å²) in [6, 6.07) is 8.92. The number of halogens is 1. The van der Waals surface area contributed by atoms with Crippen LogP contribution in [0, 0.1) is 5.92 Å². The topological polar surface area (TPSA) is 99.4 Å².